The van der Waals surface area contributed by atoms with Gasteiger partial charge in [-0.2, -0.15) is 4.31 Å². The molecular formula is C24H30N2O6S. The fourth-order valence-corrected chi connectivity index (χ4v) is 5.67. The highest BCUT2D eigenvalue weighted by atomic mass is 32.2. The largest absolute Gasteiger partial charge is 0.497 e. The maximum atomic E-state index is 13.3. The van der Waals surface area contributed by atoms with Gasteiger partial charge in [-0.1, -0.05) is 18.6 Å². The summed E-state index contributed by atoms with van der Waals surface area (Å²) >= 11 is 0. The summed E-state index contributed by atoms with van der Waals surface area (Å²) in [5.41, 5.74) is 1.16. The molecule has 3 rings (SSSR count). The molecule has 1 fully saturated rings. The first-order chi connectivity index (χ1) is 15.7. The van der Waals surface area contributed by atoms with Crippen LogP contribution in [-0.2, 0) is 14.8 Å². The molecule has 2 aromatic rings. The summed E-state index contributed by atoms with van der Waals surface area (Å²) in [6.07, 6.45) is 1.86. The normalized spacial score (nSPS) is 17.8. The molecule has 0 radical (unpaired) electrons. The van der Waals surface area contributed by atoms with E-state index in [1.54, 1.807) is 32.4 Å². The SMILES string of the molecule is COc1ccc(OC)c([C@H](C)NC(=O)[C@@H]2CCCCN2S(=O)(=O)c2ccc(C(C)=O)cc2)c1. The number of sulfonamides is 1. The Morgan fingerprint density at radius 1 is 1.06 bits per heavy atom. The van der Waals surface area contributed by atoms with Crippen LogP contribution in [0.5, 0.6) is 11.5 Å². The highest BCUT2D eigenvalue weighted by molar-refractivity contribution is 7.89. The van der Waals surface area contributed by atoms with Crippen molar-refractivity contribution in [2.75, 3.05) is 20.8 Å². The molecule has 8 nitrogen and oxygen atoms in total. The molecule has 1 saturated heterocycles. The number of carbonyl (C=O) groups excluding carboxylic acids is 2. The fourth-order valence-electron chi connectivity index (χ4n) is 4.02. The van der Waals surface area contributed by atoms with Gasteiger partial charge in [0, 0.05) is 17.7 Å². The molecule has 0 aliphatic carbocycles. The van der Waals surface area contributed by atoms with Crippen molar-refractivity contribution in [1.82, 2.24) is 9.62 Å². The van der Waals surface area contributed by atoms with Crippen LogP contribution in [0.15, 0.2) is 47.4 Å². The van der Waals surface area contributed by atoms with Gasteiger partial charge in [0.2, 0.25) is 15.9 Å². The summed E-state index contributed by atoms with van der Waals surface area (Å²) in [7, 11) is -0.800. The number of methoxy groups -OCH3 is 2. The Morgan fingerprint density at radius 3 is 2.36 bits per heavy atom. The first-order valence-corrected chi connectivity index (χ1v) is 12.3. The van der Waals surface area contributed by atoms with Crippen LogP contribution in [0.3, 0.4) is 0 Å². The molecule has 0 aromatic heterocycles. The lowest BCUT2D eigenvalue weighted by Gasteiger charge is -2.34. The van der Waals surface area contributed by atoms with Gasteiger partial charge in [-0.15, -0.1) is 0 Å². The van der Waals surface area contributed by atoms with Gasteiger partial charge in [0.05, 0.1) is 25.2 Å². The number of nitrogens with one attached hydrogen (secondary N) is 1. The molecule has 1 N–H and O–H groups in total. The van der Waals surface area contributed by atoms with Crippen LogP contribution in [0.1, 0.15) is 55.1 Å². The number of ether oxygens (including phenoxy) is 2. The van der Waals surface area contributed by atoms with Gasteiger partial charge in [-0.05, 0) is 57.0 Å². The minimum absolute atomic E-state index is 0.0645. The van der Waals surface area contributed by atoms with Crippen molar-refractivity contribution in [2.45, 2.75) is 50.1 Å². The van der Waals surface area contributed by atoms with E-state index < -0.39 is 22.1 Å². The maximum absolute atomic E-state index is 13.3. The summed E-state index contributed by atoms with van der Waals surface area (Å²) in [5, 5.41) is 2.94. The first-order valence-electron chi connectivity index (χ1n) is 10.8. The Morgan fingerprint density at radius 2 is 1.76 bits per heavy atom. The molecule has 9 heteroatoms. The van der Waals surface area contributed by atoms with Crippen LogP contribution in [-0.4, -0.2) is 51.2 Å². The summed E-state index contributed by atoms with van der Waals surface area (Å²) < 4.78 is 38.7. The Labute approximate surface area is 194 Å². The number of benzene rings is 2. The smallest absolute Gasteiger partial charge is 0.243 e. The van der Waals surface area contributed by atoms with Crippen LogP contribution >= 0.6 is 0 Å². The zero-order chi connectivity index (χ0) is 24.2. The molecule has 0 spiro atoms. The number of Topliss-reactive ketones (excluding diaryl/α,β-unsaturated/α-hetero) is 1. The van der Waals surface area contributed by atoms with Crippen molar-refractivity contribution in [3.63, 3.8) is 0 Å². The molecule has 1 aliphatic rings. The highest BCUT2D eigenvalue weighted by Crippen LogP contribution is 2.31. The second kappa shape index (κ2) is 10.4. The molecule has 178 valence electrons. The Hall–Kier alpha value is -2.91. The summed E-state index contributed by atoms with van der Waals surface area (Å²) in [4.78, 5) is 24.8. The summed E-state index contributed by atoms with van der Waals surface area (Å²) in [6.45, 7) is 3.50. The number of ketones is 1. The van der Waals surface area contributed by atoms with E-state index in [1.165, 1.54) is 35.5 Å². The van der Waals surface area contributed by atoms with Gasteiger partial charge in [-0.3, -0.25) is 9.59 Å². The van der Waals surface area contributed by atoms with Crippen LogP contribution in [0.25, 0.3) is 0 Å². The van der Waals surface area contributed by atoms with Gasteiger partial charge in [-0.25, -0.2) is 8.42 Å². The van der Waals surface area contributed by atoms with Crippen LogP contribution < -0.4 is 14.8 Å². The molecule has 1 amide bonds. The molecule has 0 unspecified atom stereocenters. The van der Waals surface area contributed by atoms with Gasteiger partial charge in [0.25, 0.3) is 0 Å². The van der Waals surface area contributed by atoms with E-state index in [9.17, 15) is 18.0 Å². The number of piperidine rings is 1. The van der Waals surface area contributed by atoms with E-state index in [0.29, 0.717) is 29.9 Å². The topological polar surface area (TPSA) is 102 Å². The second-order valence-electron chi connectivity index (χ2n) is 8.05. The number of nitrogens with zero attached hydrogens (tertiary/aromatic N) is 1. The quantitative estimate of drug-likeness (QED) is 0.589. The van der Waals surface area contributed by atoms with E-state index in [1.807, 2.05) is 6.92 Å². The third-order valence-electron chi connectivity index (χ3n) is 5.89. The monoisotopic (exact) mass is 474 g/mol. The lowest BCUT2D eigenvalue weighted by atomic mass is 10.0. The van der Waals surface area contributed by atoms with Crippen LogP contribution in [0.2, 0.25) is 0 Å². The lowest BCUT2D eigenvalue weighted by molar-refractivity contribution is -0.126. The minimum atomic E-state index is -3.91. The molecule has 1 aliphatic heterocycles. The number of amides is 1. The van der Waals surface area contributed by atoms with Crippen molar-refractivity contribution in [1.29, 1.82) is 0 Å². The summed E-state index contributed by atoms with van der Waals surface area (Å²) in [5.74, 6) is 0.720. The third-order valence-corrected chi connectivity index (χ3v) is 7.81. The minimum Gasteiger partial charge on any atom is -0.497 e. The van der Waals surface area contributed by atoms with Gasteiger partial charge < -0.3 is 14.8 Å². The van der Waals surface area contributed by atoms with Crippen molar-refractivity contribution < 1.29 is 27.5 Å². The average molecular weight is 475 g/mol. The zero-order valence-corrected chi connectivity index (χ0v) is 20.1. The number of hydrogen-bond donors (Lipinski definition) is 1. The number of rotatable bonds is 8. The molecule has 0 saturated carbocycles. The van der Waals surface area contributed by atoms with Crippen molar-refractivity contribution in [3.8, 4) is 11.5 Å². The predicted octanol–water partition coefficient (Wildman–Crippen LogP) is 3.33. The fraction of sp³-hybridized carbons (Fsp3) is 0.417. The van der Waals surface area contributed by atoms with Gasteiger partial charge >= 0.3 is 0 Å². The number of hydrogen-bond acceptors (Lipinski definition) is 6. The maximum Gasteiger partial charge on any atom is 0.243 e. The Bertz CT molecular complexity index is 1110. The second-order valence-corrected chi connectivity index (χ2v) is 9.94. The molecule has 1 heterocycles. The first kappa shape index (κ1) is 24.7. The molecule has 0 bridgehead atoms. The number of carbonyl (C=O) groups is 2. The Kier molecular flexibility index (Phi) is 7.76. The van der Waals surface area contributed by atoms with Gasteiger partial charge in [0.1, 0.15) is 17.5 Å². The van der Waals surface area contributed by atoms with E-state index >= 15 is 0 Å². The molecular weight excluding hydrogens is 444 g/mol. The van der Waals surface area contributed by atoms with Gasteiger partial charge in [0.15, 0.2) is 5.78 Å². The van der Waals surface area contributed by atoms with E-state index in [4.69, 9.17) is 9.47 Å². The molecule has 2 atom stereocenters. The van der Waals surface area contributed by atoms with E-state index in [-0.39, 0.29) is 23.1 Å². The van der Waals surface area contributed by atoms with Crippen LogP contribution in [0.4, 0.5) is 0 Å². The standard InChI is InChI=1S/C24H30N2O6S/c1-16(21-15-19(31-3)10-13-23(21)32-4)25-24(28)22-7-5-6-14-26(22)33(29,30)20-11-8-18(9-12-20)17(2)27/h8-13,15-16,22H,5-7,14H2,1-4H3,(H,25,28)/t16-,22-/m0/s1. The van der Waals surface area contributed by atoms with Crippen molar-refractivity contribution in [2.24, 2.45) is 0 Å². The third kappa shape index (κ3) is 5.36. The predicted molar refractivity (Wildman–Crippen MR) is 124 cm³/mol. The van der Waals surface area contributed by atoms with Crippen molar-refractivity contribution >= 4 is 21.7 Å². The summed E-state index contributed by atoms with van der Waals surface area (Å²) in [6, 6.07) is 9.88. The van der Waals surface area contributed by atoms with E-state index in [2.05, 4.69) is 5.32 Å². The lowest BCUT2D eigenvalue weighted by Crippen LogP contribution is -2.52. The molecule has 2 aromatic carbocycles. The van der Waals surface area contributed by atoms with E-state index in [0.717, 1.165) is 12.0 Å². The van der Waals surface area contributed by atoms with Crippen LogP contribution in [0, 0.1) is 0 Å². The van der Waals surface area contributed by atoms with Crippen molar-refractivity contribution in [3.05, 3.63) is 53.6 Å². The highest BCUT2D eigenvalue weighted by Gasteiger charge is 2.38. The average Bonchev–Trinajstić information content (AvgIpc) is 2.83. The molecule has 33 heavy (non-hydrogen) atoms. The zero-order valence-electron chi connectivity index (χ0n) is 19.3. The Balaban J connectivity index is 1.83.